The SMILES string of the molecule is CCc1cncc(C2=CCC3C4CCC5N(C(C)=O)CCCC5(C)C4CCC23C)n1. The molecule has 4 nitrogen and oxygen atoms in total. The standard InChI is InChI=1S/C26H37N3O/c1-5-18-15-27-16-23(28-18)22-9-8-20-19-7-10-24-26(4,12-6-14-29(24)17(2)30)21(19)11-13-25(20,22)3/h9,15-16,19-21,24H,5-8,10-14H2,1-4H3. The number of nitrogens with zero attached hydrogens (tertiary/aromatic N) is 3. The van der Waals surface area contributed by atoms with Crippen LogP contribution in [0.25, 0.3) is 5.57 Å². The van der Waals surface area contributed by atoms with E-state index in [1.165, 1.54) is 50.5 Å². The van der Waals surface area contributed by atoms with Gasteiger partial charge < -0.3 is 4.90 Å². The highest BCUT2D eigenvalue weighted by Gasteiger charge is 2.59. The molecule has 4 aliphatic rings. The maximum absolute atomic E-state index is 12.3. The van der Waals surface area contributed by atoms with Crippen LogP contribution in [0.5, 0.6) is 0 Å². The van der Waals surface area contributed by atoms with Crippen molar-refractivity contribution in [1.82, 2.24) is 14.9 Å². The quantitative estimate of drug-likeness (QED) is 0.669. The second-order valence-electron chi connectivity index (χ2n) is 10.9. The Balaban J connectivity index is 1.44. The van der Waals surface area contributed by atoms with Gasteiger partial charge in [0, 0.05) is 25.7 Å². The molecular formula is C26H37N3O. The molecule has 2 heterocycles. The van der Waals surface area contributed by atoms with Crippen LogP contribution >= 0.6 is 0 Å². The minimum Gasteiger partial charge on any atom is -0.339 e. The summed E-state index contributed by atoms with van der Waals surface area (Å²) in [6.07, 6.45) is 15.9. The average Bonchev–Trinajstić information content (AvgIpc) is 3.10. The van der Waals surface area contributed by atoms with Crippen molar-refractivity contribution >= 4 is 11.5 Å². The summed E-state index contributed by atoms with van der Waals surface area (Å²) in [6.45, 7) is 9.91. The van der Waals surface area contributed by atoms with Gasteiger partial charge in [0.05, 0.1) is 17.6 Å². The topological polar surface area (TPSA) is 46.1 Å². The zero-order chi connectivity index (χ0) is 21.1. The van der Waals surface area contributed by atoms with Crippen molar-refractivity contribution in [3.8, 4) is 0 Å². The van der Waals surface area contributed by atoms with Gasteiger partial charge in [0.2, 0.25) is 5.91 Å². The molecule has 3 fully saturated rings. The number of hydrogen-bond donors (Lipinski definition) is 0. The molecule has 4 heteroatoms. The summed E-state index contributed by atoms with van der Waals surface area (Å²) >= 11 is 0. The zero-order valence-corrected chi connectivity index (χ0v) is 19.2. The Labute approximate surface area is 181 Å². The first-order valence-electron chi connectivity index (χ1n) is 12.2. The lowest BCUT2D eigenvalue weighted by Gasteiger charge is -2.62. The van der Waals surface area contributed by atoms with Crippen molar-refractivity contribution in [2.24, 2.45) is 28.6 Å². The molecule has 1 amide bonds. The third kappa shape index (κ3) is 2.81. The molecule has 0 spiro atoms. The Bertz CT molecular complexity index is 879. The van der Waals surface area contributed by atoms with E-state index in [2.05, 4.69) is 36.7 Å². The number of rotatable bonds is 2. The molecule has 0 radical (unpaired) electrons. The highest BCUT2D eigenvalue weighted by molar-refractivity contribution is 5.74. The molecule has 6 unspecified atom stereocenters. The third-order valence-corrected chi connectivity index (χ3v) is 9.62. The molecular weight excluding hydrogens is 370 g/mol. The van der Waals surface area contributed by atoms with Gasteiger partial charge in [-0.3, -0.25) is 9.78 Å². The smallest absolute Gasteiger partial charge is 0.219 e. The molecule has 1 saturated heterocycles. The Hall–Kier alpha value is -1.71. The number of carbonyl (C=O) groups excluding carboxylic acids is 1. The summed E-state index contributed by atoms with van der Waals surface area (Å²) in [5.74, 6) is 2.51. The van der Waals surface area contributed by atoms with Gasteiger partial charge in [-0.05, 0) is 85.5 Å². The Morgan fingerprint density at radius 3 is 2.77 bits per heavy atom. The monoisotopic (exact) mass is 407 g/mol. The van der Waals surface area contributed by atoms with Crippen molar-refractivity contribution in [3.63, 3.8) is 0 Å². The van der Waals surface area contributed by atoms with Gasteiger partial charge in [0.1, 0.15) is 0 Å². The Morgan fingerprint density at radius 1 is 1.17 bits per heavy atom. The van der Waals surface area contributed by atoms with Gasteiger partial charge in [-0.2, -0.15) is 0 Å². The minimum atomic E-state index is 0.223. The molecule has 1 aromatic rings. The summed E-state index contributed by atoms with van der Waals surface area (Å²) in [5, 5.41) is 0. The summed E-state index contributed by atoms with van der Waals surface area (Å²) in [6, 6.07) is 0.454. The molecule has 5 rings (SSSR count). The molecule has 30 heavy (non-hydrogen) atoms. The summed E-state index contributed by atoms with van der Waals surface area (Å²) < 4.78 is 0. The predicted molar refractivity (Wildman–Crippen MR) is 120 cm³/mol. The van der Waals surface area contributed by atoms with Crippen molar-refractivity contribution in [1.29, 1.82) is 0 Å². The highest BCUT2D eigenvalue weighted by Crippen LogP contribution is 2.66. The van der Waals surface area contributed by atoms with Gasteiger partial charge in [-0.25, -0.2) is 4.98 Å². The number of amides is 1. The van der Waals surface area contributed by atoms with E-state index in [4.69, 9.17) is 4.98 Å². The van der Waals surface area contributed by atoms with Crippen molar-refractivity contribution in [3.05, 3.63) is 29.9 Å². The first-order chi connectivity index (χ1) is 14.4. The Morgan fingerprint density at radius 2 is 2.00 bits per heavy atom. The van der Waals surface area contributed by atoms with Gasteiger partial charge in [-0.15, -0.1) is 0 Å². The van der Waals surface area contributed by atoms with Gasteiger partial charge in [0.25, 0.3) is 0 Å². The largest absolute Gasteiger partial charge is 0.339 e. The van der Waals surface area contributed by atoms with E-state index >= 15 is 0 Å². The fourth-order valence-electron chi connectivity index (χ4n) is 8.13. The molecule has 0 bridgehead atoms. The zero-order valence-electron chi connectivity index (χ0n) is 19.2. The predicted octanol–water partition coefficient (Wildman–Crippen LogP) is 5.29. The first-order valence-corrected chi connectivity index (χ1v) is 12.2. The molecule has 1 aromatic heterocycles. The van der Waals surface area contributed by atoms with E-state index in [9.17, 15) is 4.79 Å². The number of carbonyl (C=O) groups is 1. The molecule has 0 N–H and O–H groups in total. The number of likely N-dealkylation sites (tertiary alicyclic amines) is 1. The lowest BCUT2D eigenvalue weighted by molar-refractivity contribution is -0.151. The summed E-state index contributed by atoms with van der Waals surface area (Å²) in [4.78, 5) is 24.0. The van der Waals surface area contributed by atoms with Crippen molar-refractivity contribution < 1.29 is 4.79 Å². The second-order valence-corrected chi connectivity index (χ2v) is 10.9. The van der Waals surface area contributed by atoms with E-state index in [0.29, 0.717) is 17.4 Å². The van der Waals surface area contributed by atoms with Crippen molar-refractivity contribution in [2.75, 3.05) is 6.54 Å². The van der Waals surface area contributed by atoms with Crippen LogP contribution < -0.4 is 0 Å². The summed E-state index contributed by atoms with van der Waals surface area (Å²) in [5.41, 5.74) is 4.17. The van der Waals surface area contributed by atoms with E-state index in [1.54, 1.807) is 6.92 Å². The van der Waals surface area contributed by atoms with Crippen LogP contribution in [0.3, 0.4) is 0 Å². The van der Waals surface area contributed by atoms with E-state index < -0.39 is 0 Å². The first kappa shape index (κ1) is 20.2. The summed E-state index contributed by atoms with van der Waals surface area (Å²) in [7, 11) is 0. The molecule has 6 atom stereocenters. The van der Waals surface area contributed by atoms with Crippen LogP contribution in [0, 0.1) is 28.6 Å². The number of fused-ring (bicyclic) bond motifs is 5. The number of hydrogen-bond acceptors (Lipinski definition) is 3. The van der Waals surface area contributed by atoms with Crippen molar-refractivity contribution in [2.45, 2.75) is 85.1 Å². The van der Waals surface area contributed by atoms with Crippen LogP contribution in [0.2, 0.25) is 0 Å². The molecule has 3 aliphatic carbocycles. The Kier molecular flexibility index (Phi) is 4.83. The molecule has 0 aromatic carbocycles. The minimum absolute atomic E-state index is 0.223. The normalized spacial score (nSPS) is 40.3. The fraction of sp³-hybridized carbons (Fsp3) is 0.731. The molecule has 1 aliphatic heterocycles. The average molecular weight is 408 g/mol. The van der Waals surface area contributed by atoms with E-state index in [0.717, 1.165) is 36.2 Å². The second kappa shape index (κ2) is 7.17. The third-order valence-electron chi connectivity index (χ3n) is 9.62. The fourth-order valence-corrected chi connectivity index (χ4v) is 8.13. The van der Waals surface area contributed by atoms with Crippen LogP contribution in [0.15, 0.2) is 18.5 Å². The lowest BCUT2D eigenvalue weighted by atomic mass is 9.47. The number of aryl methyl sites for hydroxylation is 1. The van der Waals surface area contributed by atoms with Crippen LogP contribution in [0.4, 0.5) is 0 Å². The van der Waals surface area contributed by atoms with Crippen LogP contribution in [0.1, 0.15) is 84.0 Å². The molecule has 162 valence electrons. The van der Waals surface area contributed by atoms with Gasteiger partial charge in [0.15, 0.2) is 0 Å². The maximum Gasteiger partial charge on any atom is 0.219 e. The van der Waals surface area contributed by atoms with E-state index in [-0.39, 0.29) is 11.3 Å². The number of aromatic nitrogens is 2. The number of piperidine rings is 1. The number of allylic oxidation sites excluding steroid dienone is 2. The van der Waals surface area contributed by atoms with Crippen LogP contribution in [-0.2, 0) is 11.2 Å². The highest BCUT2D eigenvalue weighted by atomic mass is 16.2. The van der Waals surface area contributed by atoms with E-state index in [1.807, 2.05) is 12.4 Å². The maximum atomic E-state index is 12.3. The van der Waals surface area contributed by atoms with Gasteiger partial charge >= 0.3 is 0 Å². The van der Waals surface area contributed by atoms with Crippen LogP contribution in [-0.4, -0.2) is 33.4 Å². The lowest BCUT2D eigenvalue weighted by Crippen LogP contribution is -2.61. The van der Waals surface area contributed by atoms with Gasteiger partial charge in [-0.1, -0.05) is 26.8 Å². The molecule has 2 saturated carbocycles.